The molecule has 0 spiro atoms. The number of rotatable bonds is 4. The van der Waals surface area contributed by atoms with Crippen LogP contribution in [-0.2, 0) is 10.8 Å². The lowest BCUT2D eigenvalue weighted by atomic mass is 9.82. The van der Waals surface area contributed by atoms with Gasteiger partial charge in [0, 0.05) is 38.2 Å². The van der Waals surface area contributed by atoms with Gasteiger partial charge in [-0.25, -0.2) is 0 Å². The van der Waals surface area contributed by atoms with Crippen molar-refractivity contribution in [3.8, 4) is 22.3 Å². The van der Waals surface area contributed by atoms with E-state index in [9.17, 15) is 0 Å². The smallest absolute Gasteiger partial charge is 0.103 e. The number of hydrogen-bond donors (Lipinski definition) is 1. The molecule has 1 unspecified atom stereocenters. The molecule has 0 saturated heterocycles. The zero-order chi connectivity index (χ0) is 36.3. The predicted molar refractivity (Wildman–Crippen MR) is 230 cm³/mol. The highest BCUT2D eigenvalue weighted by Gasteiger charge is 2.38. The first-order valence-corrected chi connectivity index (χ1v) is 19.9. The van der Waals surface area contributed by atoms with Crippen LogP contribution in [0.3, 0.4) is 0 Å². The van der Waals surface area contributed by atoms with Gasteiger partial charge < -0.3 is 10.2 Å². The van der Waals surface area contributed by atoms with Gasteiger partial charge in [-0.2, -0.15) is 0 Å². The minimum atomic E-state index is -0.0968. The van der Waals surface area contributed by atoms with Gasteiger partial charge in [-0.15, -0.1) is 0 Å². The minimum absolute atomic E-state index is 0.0968. The maximum Gasteiger partial charge on any atom is 0.103 e. The van der Waals surface area contributed by atoms with Crippen molar-refractivity contribution < 1.29 is 0 Å². The van der Waals surface area contributed by atoms with Gasteiger partial charge in [-0.05, 0) is 109 Å². The van der Waals surface area contributed by atoms with Crippen LogP contribution in [-0.4, -0.2) is 0 Å². The number of nitrogens with one attached hydrogen (secondary N) is 1. The molecule has 0 amide bonds. The van der Waals surface area contributed by atoms with E-state index in [1.165, 1.54) is 93.6 Å². The fraction of sp³-hybridized carbons (Fsp3) is 0.137. The number of thioether (sulfide) groups is 1. The van der Waals surface area contributed by atoms with Crippen LogP contribution in [0.4, 0.5) is 22.7 Å². The first kappa shape index (κ1) is 31.7. The van der Waals surface area contributed by atoms with Gasteiger partial charge in [0.2, 0.25) is 0 Å². The number of benzene rings is 8. The molecule has 0 aromatic heterocycles. The van der Waals surface area contributed by atoms with E-state index in [0.717, 1.165) is 5.69 Å². The predicted octanol–water partition coefficient (Wildman–Crippen LogP) is 14.3. The van der Waals surface area contributed by atoms with Crippen LogP contribution in [0.5, 0.6) is 0 Å². The fourth-order valence-corrected chi connectivity index (χ4v) is 10.8. The summed E-state index contributed by atoms with van der Waals surface area (Å²) < 4.78 is 0. The van der Waals surface area contributed by atoms with E-state index in [1.54, 1.807) is 0 Å². The molecule has 2 nitrogen and oxygen atoms in total. The SMILES string of the molecule is CC1(C)c2ccccc2-c2ccc(N(c3ccc4c(c3)C(C)(C)c3ccccc3-4)c3ccc4c(ccc5ccc6c(c54)NC(c4ccccc4)S6)c3)cc21. The van der Waals surface area contributed by atoms with Gasteiger partial charge in [-0.3, -0.25) is 0 Å². The lowest BCUT2D eigenvalue weighted by Gasteiger charge is -2.30. The Bertz CT molecular complexity index is 2740. The molecule has 2 aliphatic carbocycles. The Kier molecular flexibility index (Phi) is 6.68. The summed E-state index contributed by atoms with van der Waals surface area (Å²) in [6.45, 7) is 9.48. The summed E-state index contributed by atoms with van der Waals surface area (Å²) in [5.41, 5.74) is 16.7. The summed E-state index contributed by atoms with van der Waals surface area (Å²) in [6, 6.07) is 59.1. The molecule has 1 aliphatic heterocycles. The monoisotopic (exact) mass is 712 g/mol. The third-order valence-electron chi connectivity index (χ3n) is 12.5. The zero-order valence-corrected chi connectivity index (χ0v) is 31.8. The molecule has 1 heterocycles. The molecule has 1 atom stereocenters. The van der Waals surface area contributed by atoms with Crippen LogP contribution in [0.2, 0.25) is 0 Å². The number of hydrogen-bond acceptors (Lipinski definition) is 3. The van der Waals surface area contributed by atoms with Crippen LogP contribution in [0.25, 0.3) is 43.8 Å². The summed E-state index contributed by atoms with van der Waals surface area (Å²) in [5, 5.41) is 9.16. The standard InChI is InChI=1S/C51H40N2S/c1-50(2)42-16-10-8-14-38(42)40-25-22-35(29-44(40)50)53(36-23-26-41-39-15-9-11-17-43(39)51(3,4)45(41)30-36)34-21-24-37-33(28-34)19-18-31-20-27-46-48(47(31)37)52-49(54-46)32-12-6-5-7-13-32/h5-30,49,52H,1-4H3. The van der Waals surface area contributed by atoms with Crippen molar-refractivity contribution in [2.75, 3.05) is 10.2 Å². The molecule has 54 heavy (non-hydrogen) atoms. The molecule has 11 rings (SSSR count). The van der Waals surface area contributed by atoms with Gasteiger partial charge in [0.25, 0.3) is 0 Å². The second kappa shape index (κ2) is 11.4. The zero-order valence-electron chi connectivity index (χ0n) is 30.9. The average molecular weight is 713 g/mol. The Hall–Kier alpha value is -5.77. The van der Waals surface area contributed by atoms with Crippen molar-refractivity contribution in [2.24, 2.45) is 0 Å². The maximum atomic E-state index is 3.91. The molecule has 8 aromatic carbocycles. The van der Waals surface area contributed by atoms with Crippen LogP contribution in [0.1, 0.15) is 60.9 Å². The lowest BCUT2D eigenvalue weighted by molar-refractivity contribution is 0.660. The second-order valence-electron chi connectivity index (χ2n) is 16.2. The normalized spacial score (nSPS) is 16.7. The highest BCUT2D eigenvalue weighted by atomic mass is 32.2. The molecule has 3 heteroatoms. The van der Waals surface area contributed by atoms with E-state index in [4.69, 9.17) is 0 Å². The Morgan fingerprint density at radius 1 is 0.481 bits per heavy atom. The van der Waals surface area contributed by atoms with Crippen molar-refractivity contribution in [3.63, 3.8) is 0 Å². The molecule has 0 fully saturated rings. The molecule has 0 bridgehead atoms. The quantitative estimate of drug-likeness (QED) is 0.183. The number of anilines is 4. The van der Waals surface area contributed by atoms with E-state index in [-0.39, 0.29) is 16.2 Å². The molecule has 0 saturated carbocycles. The first-order valence-electron chi connectivity index (χ1n) is 19.0. The maximum absolute atomic E-state index is 3.91. The first-order chi connectivity index (χ1) is 26.3. The summed E-state index contributed by atoms with van der Waals surface area (Å²) in [4.78, 5) is 3.79. The van der Waals surface area contributed by atoms with Gasteiger partial charge in [0.1, 0.15) is 5.37 Å². The van der Waals surface area contributed by atoms with E-state index in [0.29, 0.717) is 0 Å². The van der Waals surface area contributed by atoms with Gasteiger partial charge in [0.05, 0.1) is 5.69 Å². The molecule has 8 aromatic rings. The highest BCUT2D eigenvalue weighted by Crippen LogP contribution is 2.54. The van der Waals surface area contributed by atoms with Crippen molar-refractivity contribution in [3.05, 3.63) is 186 Å². The third kappa shape index (κ3) is 4.48. The summed E-state index contributed by atoms with van der Waals surface area (Å²) in [5.74, 6) is 0. The lowest BCUT2D eigenvalue weighted by Crippen LogP contribution is -2.18. The molecule has 3 aliphatic rings. The van der Waals surface area contributed by atoms with E-state index in [2.05, 4.69) is 196 Å². The van der Waals surface area contributed by atoms with E-state index >= 15 is 0 Å². The van der Waals surface area contributed by atoms with Gasteiger partial charge >= 0.3 is 0 Å². The van der Waals surface area contributed by atoms with E-state index in [1.807, 2.05) is 11.8 Å². The fourth-order valence-electron chi connectivity index (χ4n) is 9.68. The summed E-state index contributed by atoms with van der Waals surface area (Å²) >= 11 is 1.91. The van der Waals surface area contributed by atoms with Crippen LogP contribution in [0.15, 0.2) is 163 Å². The summed E-state index contributed by atoms with van der Waals surface area (Å²) in [7, 11) is 0. The molecule has 0 radical (unpaired) electrons. The van der Waals surface area contributed by atoms with Crippen molar-refractivity contribution in [1.82, 2.24) is 0 Å². The largest absolute Gasteiger partial charge is 0.368 e. The highest BCUT2D eigenvalue weighted by molar-refractivity contribution is 8.00. The number of fused-ring (bicyclic) bond motifs is 11. The van der Waals surface area contributed by atoms with Crippen molar-refractivity contribution in [2.45, 2.75) is 48.8 Å². The Morgan fingerprint density at radius 3 is 1.65 bits per heavy atom. The summed E-state index contributed by atoms with van der Waals surface area (Å²) in [6.07, 6.45) is 0. The molecular formula is C51H40N2S. The topological polar surface area (TPSA) is 15.3 Å². The Labute approximate surface area is 321 Å². The minimum Gasteiger partial charge on any atom is -0.368 e. The van der Waals surface area contributed by atoms with Crippen LogP contribution < -0.4 is 10.2 Å². The van der Waals surface area contributed by atoms with Crippen LogP contribution in [0, 0.1) is 0 Å². The van der Waals surface area contributed by atoms with Crippen LogP contribution >= 0.6 is 11.8 Å². The average Bonchev–Trinajstić information content (AvgIpc) is 3.82. The molecule has 1 N–H and O–H groups in total. The van der Waals surface area contributed by atoms with Crippen molar-refractivity contribution >= 4 is 56.1 Å². The van der Waals surface area contributed by atoms with Crippen molar-refractivity contribution in [1.29, 1.82) is 0 Å². The van der Waals surface area contributed by atoms with Gasteiger partial charge in [-0.1, -0.05) is 155 Å². The number of nitrogens with zero attached hydrogens (tertiary/aromatic N) is 1. The van der Waals surface area contributed by atoms with Gasteiger partial charge in [0.15, 0.2) is 0 Å². The molecule has 260 valence electrons. The third-order valence-corrected chi connectivity index (χ3v) is 13.7. The Morgan fingerprint density at radius 2 is 1.00 bits per heavy atom. The molecular weight excluding hydrogens is 673 g/mol. The van der Waals surface area contributed by atoms with E-state index < -0.39 is 0 Å². The second-order valence-corrected chi connectivity index (χ2v) is 17.3. The Balaban J connectivity index is 1.09.